The normalized spacial score (nSPS) is 11.8. The molecule has 0 bridgehead atoms. The van der Waals surface area contributed by atoms with Gasteiger partial charge < -0.3 is 15.9 Å². The fourth-order valence-corrected chi connectivity index (χ4v) is 3.41. The van der Waals surface area contributed by atoms with Crippen LogP contribution in [0.4, 0.5) is 5.69 Å². The second kappa shape index (κ2) is 12.0. The van der Waals surface area contributed by atoms with Crippen molar-refractivity contribution in [1.82, 2.24) is 9.97 Å². The van der Waals surface area contributed by atoms with E-state index in [0.717, 1.165) is 33.1 Å². The smallest absolute Gasteiger partial charge is 0.121 e. The van der Waals surface area contributed by atoms with Gasteiger partial charge in [0.2, 0.25) is 0 Å². The van der Waals surface area contributed by atoms with Crippen molar-refractivity contribution < 1.29 is 59.6 Å². The number of nitrogens with two attached hydrogens (primary N) is 1. The number of fused-ring (bicyclic) bond motifs is 3. The van der Waals surface area contributed by atoms with Crippen LogP contribution in [0.15, 0.2) is 109 Å². The molecule has 0 fully saturated rings. The summed E-state index contributed by atoms with van der Waals surface area (Å²) in [7, 11) is 0. The van der Waals surface area contributed by atoms with Crippen LogP contribution in [0.25, 0.3) is 27.6 Å². The van der Waals surface area contributed by atoms with Crippen molar-refractivity contribution in [3.05, 3.63) is 121 Å². The van der Waals surface area contributed by atoms with Crippen molar-refractivity contribution >= 4 is 33.3 Å². The van der Waals surface area contributed by atoms with Crippen LogP contribution in [0.2, 0.25) is 0 Å². The number of pyridine rings is 2. The summed E-state index contributed by atoms with van der Waals surface area (Å²) in [6, 6.07) is 28.1. The van der Waals surface area contributed by atoms with Gasteiger partial charge in [0.15, 0.2) is 0 Å². The summed E-state index contributed by atoms with van der Waals surface area (Å²) in [4.78, 5) is 8.66. The molecule has 1 radical (unpaired) electrons. The molecule has 0 aliphatic rings. The standard InChI is InChI=1S/C15H14O2.C12H9N3.Eu/c16-14(12-7-3-1-4-8-12)11-15(17)13-9-5-2-6-10-13;13-10-7-8-3-1-5-14-11(8)12-9(10)4-2-6-15-12;/h1-11,14,16-17H;1-7H,13H2;. The van der Waals surface area contributed by atoms with Crippen LogP contribution in [0, 0.1) is 49.4 Å². The van der Waals surface area contributed by atoms with E-state index in [1.807, 2.05) is 78.9 Å². The van der Waals surface area contributed by atoms with E-state index < -0.39 is 6.10 Å². The van der Waals surface area contributed by atoms with Crippen molar-refractivity contribution in [3.8, 4) is 0 Å². The summed E-state index contributed by atoms with van der Waals surface area (Å²) in [5.74, 6) is 0.0851. The van der Waals surface area contributed by atoms with E-state index in [2.05, 4.69) is 9.97 Å². The predicted molar refractivity (Wildman–Crippen MR) is 130 cm³/mol. The molecule has 0 saturated carbocycles. The van der Waals surface area contributed by atoms with Crippen LogP contribution in [0.3, 0.4) is 0 Å². The Morgan fingerprint density at radius 2 is 1.39 bits per heavy atom. The molecule has 33 heavy (non-hydrogen) atoms. The Bertz CT molecular complexity index is 1360. The van der Waals surface area contributed by atoms with Gasteiger partial charge in [0.05, 0.1) is 11.0 Å². The monoisotopic (exact) mass is 574 g/mol. The van der Waals surface area contributed by atoms with Crippen molar-refractivity contribution in [3.63, 3.8) is 0 Å². The largest absolute Gasteiger partial charge is 0.508 e. The number of aliphatic hydroxyl groups is 2. The molecule has 4 N–H and O–H groups in total. The number of aliphatic hydroxyl groups excluding tert-OH is 2. The van der Waals surface area contributed by atoms with Gasteiger partial charge in [0.25, 0.3) is 0 Å². The van der Waals surface area contributed by atoms with Gasteiger partial charge in [-0.25, -0.2) is 0 Å². The van der Waals surface area contributed by atoms with Gasteiger partial charge in [-0.05, 0) is 35.9 Å². The quantitative estimate of drug-likeness (QED) is 0.147. The summed E-state index contributed by atoms with van der Waals surface area (Å²) in [6.45, 7) is 0. The van der Waals surface area contributed by atoms with Crippen molar-refractivity contribution in [2.45, 2.75) is 6.10 Å². The molecule has 0 aliphatic carbocycles. The van der Waals surface area contributed by atoms with Crippen LogP contribution < -0.4 is 5.73 Å². The minimum Gasteiger partial charge on any atom is -0.508 e. The molecule has 5 aromatic rings. The molecule has 165 valence electrons. The fraction of sp³-hybridized carbons (Fsp3) is 0.0370. The van der Waals surface area contributed by atoms with E-state index in [0.29, 0.717) is 5.56 Å². The summed E-state index contributed by atoms with van der Waals surface area (Å²) < 4.78 is 0. The molecule has 2 heterocycles. The van der Waals surface area contributed by atoms with Gasteiger partial charge in [-0.3, -0.25) is 9.97 Å². The molecule has 0 saturated heterocycles. The molecule has 3 aromatic carbocycles. The summed E-state index contributed by atoms with van der Waals surface area (Å²) >= 11 is 0. The number of anilines is 1. The number of benzene rings is 3. The zero-order valence-corrected chi connectivity index (χ0v) is 20.1. The van der Waals surface area contributed by atoms with Gasteiger partial charge in [0, 0.05) is 83.8 Å². The minimum absolute atomic E-state index is 0. The van der Waals surface area contributed by atoms with E-state index in [1.54, 1.807) is 24.5 Å². The number of hydrogen-bond acceptors (Lipinski definition) is 5. The van der Waals surface area contributed by atoms with Gasteiger partial charge >= 0.3 is 0 Å². The molecule has 5 nitrogen and oxygen atoms in total. The number of nitrogens with zero attached hydrogens (tertiary/aromatic N) is 2. The van der Waals surface area contributed by atoms with Crippen LogP contribution in [0.5, 0.6) is 0 Å². The van der Waals surface area contributed by atoms with Crippen LogP contribution in [-0.4, -0.2) is 20.2 Å². The first kappa shape index (κ1) is 25.0. The summed E-state index contributed by atoms with van der Waals surface area (Å²) in [5.41, 5.74) is 9.93. The van der Waals surface area contributed by atoms with Crippen LogP contribution in [0.1, 0.15) is 17.2 Å². The van der Waals surface area contributed by atoms with Gasteiger partial charge in [-0.15, -0.1) is 0 Å². The van der Waals surface area contributed by atoms with E-state index in [9.17, 15) is 10.2 Å². The number of nitrogen functional groups attached to an aromatic ring is 1. The van der Waals surface area contributed by atoms with E-state index >= 15 is 0 Å². The molecule has 5 rings (SSSR count). The molecule has 0 amide bonds. The molecule has 0 spiro atoms. The molecule has 6 heteroatoms. The molecule has 0 aliphatic heterocycles. The Hall–Kier alpha value is -2.64. The minimum atomic E-state index is -0.795. The Morgan fingerprint density at radius 1 is 0.788 bits per heavy atom. The van der Waals surface area contributed by atoms with E-state index in [1.165, 1.54) is 6.08 Å². The molecule has 1 atom stereocenters. The fourth-order valence-electron chi connectivity index (χ4n) is 3.41. The maximum absolute atomic E-state index is 9.92. The average Bonchev–Trinajstić information content (AvgIpc) is 2.86. The van der Waals surface area contributed by atoms with Crippen molar-refractivity contribution in [2.75, 3.05) is 5.73 Å². The first-order valence-electron chi connectivity index (χ1n) is 10.2. The van der Waals surface area contributed by atoms with E-state index in [-0.39, 0.29) is 55.1 Å². The number of hydrogen-bond donors (Lipinski definition) is 3. The van der Waals surface area contributed by atoms with Crippen LogP contribution in [-0.2, 0) is 0 Å². The third-order valence-corrected chi connectivity index (χ3v) is 5.02. The summed E-state index contributed by atoms with van der Waals surface area (Å²) in [5, 5.41) is 21.8. The first-order chi connectivity index (χ1) is 15.6. The zero-order valence-electron chi connectivity index (χ0n) is 17.7. The van der Waals surface area contributed by atoms with Gasteiger partial charge in [-0.1, -0.05) is 66.7 Å². The van der Waals surface area contributed by atoms with Gasteiger partial charge in [-0.2, -0.15) is 0 Å². The maximum Gasteiger partial charge on any atom is 0.121 e. The van der Waals surface area contributed by atoms with Crippen molar-refractivity contribution in [2.24, 2.45) is 0 Å². The average molecular weight is 573 g/mol. The maximum atomic E-state index is 9.92. The topological polar surface area (TPSA) is 92.3 Å². The second-order valence-corrected chi connectivity index (χ2v) is 7.21. The molecular formula is C27H23EuN3O2. The number of rotatable bonds is 3. The van der Waals surface area contributed by atoms with E-state index in [4.69, 9.17) is 5.73 Å². The Balaban J connectivity index is 0.000000181. The molecule has 2 aromatic heterocycles. The third kappa shape index (κ3) is 6.24. The Labute approximate surface area is 233 Å². The Morgan fingerprint density at radius 3 is 2.09 bits per heavy atom. The summed E-state index contributed by atoms with van der Waals surface area (Å²) in [6.07, 6.45) is 4.17. The molecule has 1 unspecified atom stereocenters. The van der Waals surface area contributed by atoms with Crippen LogP contribution >= 0.6 is 0 Å². The molecular weight excluding hydrogens is 550 g/mol. The Kier molecular flexibility index (Phi) is 9.09. The zero-order chi connectivity index (χ0) is 22.3. The third-order valence-electron chi connectivity index (χ3n) is 5.02. The SMILES string of the molecule is Nc1cc2cccnc2c2ncccc12.OC(=CC(O)c1ccccc1)c1ccccc1.[Eu]. The number of aromatic nitrogens is 2. The second-order valence-electron chi connectivity index (χ2n) is 7.21. The van der Waals surface area contributed by atoms with Crippen molar-refractivity contribution in [1.29, 1.82) is 0 Å². The van der Waals surface area contributed by atoms with Gasteiger partial charge in [0.1, 0.15) is 11.9 Å². The first-order valence-corrected chi connectivity index (χ1v) is 10.2. The predicted octanol–water partition coefficient (Wildman–Crippen LogP) is 5.68.